The molecule has 1 fully saturated rings. The Morgan fingerprint density at radius 3 is 2.69 bits per heavy atom. The Bertz CT molecular complexity index is 1270. The average Bonchev–Trinajstić information content (AvgIpc) is 3.58. The van der Waals surface area contributed by atoms with E-state index >= 15 is 0 Å². The van der Waals surface area contributed by atoms with E-state index in [0.29, 0.717) is 36.0 Å². The van der Waals surface area contributed by atoms with Gasteiger partial charge in [0.05, 0.1) is 35.1 Å². The highest BCUT2D eigenvalue weighted by molar-refractivity contribution is 6.99. The number of hydrogen-bond acceptors (Lipinski definition) is 10. The van der Waals surface area contributed by atoms with Gasteiger partial charge in [0.15, 0.2) is 28.9 Å². The Kier molecular flexibility index (Phi) is 6.35. The molecule has 5 rings (SSSR count). The minimum absolute atomic E-state index is 0.139. The lowest BCUT2D eigenvalue weighted by atomic mass is 9.82. The van der Waals surface area contributed by atoms with E-state index in [1.54, 1.807) is 23.1 Å². The zero-order valence-corrected chi connectivity index (χ0v) is 21.1. The number of β-amino-alcohol motifs (C(OH)–C–C–N with tert-alkyl or cyclic N) is 1. The fraction of sp³-hybridized carbons (Fsp3) is 0.400. The summed E-state index contributed by atoms with van der Waals surface area (Å²) in [6, 6.07) is 10.7. The standard InChI is InChI=1S/C25H29N5O5S/c1-25(2,3)21(14-7-8-18-19(11-14)35-13-34-18)27-23-22(28-36-29-23)26-17-6-4-5-16(20(17)32)24(33)30-10-9-15(31)12-30/h4-8,11,15,21,31-32H,9-10,12-13H2,1-3H3,(H,26,28)(H,27,29)/t15-,21?/m1/s1. The molecule has 190 valence electrons. The quantitative estimate of drug-likeness (QED) is 0.361. The van der Waals surface area contributed by atoms with Crippen LogP contribution in [0.2, 0.25) is 0 Å². The second kappa shape index (κ2) is 9.47. The van der Waals surface area contributed by atoms with E-state index in [0.717, 1.165) is 23.0 Å². The van der Waals surface area contributed by atoms with E-state index < -0.39 is 6.10 Å². The monoisotopic (exact) mass is 511 g/mol. The van der Waals surface area contributed by atoms with Crippen LogP contribution in [0.5, 0.6) is 17.2 Å². The highest BCUT2D eigenvalue weighted by Crippen LogP contribution is 2.42. The number of phenolic OH excluding ortho intramolecular Hbond substituents is 1. The number of anilines is 3. The Morgan fingerprint density at radius 2 is 1.94 bits per heavy atom. The van der Waals surface area contributed by atoms with Crippen LogP contribution in [0.25, 0.3) is 0 Å². The van der Waals surface area contributed by atoms with E-state index in [9.17, 15) is 15.0 Å². The second-order valence-corrected chi connectivity index (χ2v) is 10.6. The van der Waals surface area contributed by atoms with Gasteiger partial charge in [-0.05, 0) is 41.7 Å². The number of aliphatic hydroxyl groups excluding tert-OH is 1. The van der Waals surface area contributed by atoms with Crippen molar-refractivity contribution < 1.29 is 24.5 Å². The molecule has 1 saturated heterocycles. The third-order valence-electron chi connectivity index (χ3n) is 6.34. The van der Waals surface area contributed by atoms with Crippen LogP contribution in [-0.2, 0) is 0 Å². The number of nitrogens with one attached hydrogen (secondary N) is 2. The van der Waals surface area contributed by atoms with Crippen molar-refractivity contribution in [3.63, 3.8) is 0 Å². The molecule has 3 heterocycles. The van der Waals surface area contributed by atoms with Crippen molar-refractivity contribution in [3.8, 4) is 17.2 Å². The predicted molar refractivity (Wildman–Crippen MR) is 136 cm³/mol. The number of likely N-dealkylation sites (tertiary alicyclic amines) is 1. The number of phenols is 1. The number of fused-ring (bicyclic) bond motifs is 1. The van der Waals surface area contributed by atoms with Crippen LogP contribution < -0.4 is 20.1 Å². The molecule has 2 aliphatic rings. The molecule has 0 bridgehead atoms. The topological polar surface area (TPSA) is 129 Å². The van der Waals surface area contributed by atoms with Gasteiger partial charge in [-0.1, -0.05) is 32.9 Å². The smallest absolute Gasteiger partial charge is 0.257 e. The molecule has 2 aromatic carbocycles. The van der Waals surface area contributed by atoms with Gasteiger partial charge in [0, 0.05) is 13.1 Å². The molecular formula is C25H29N5O5S. The van der Waals surface area contributed by atoms with E-state index in [4.69, 9.17) is 9.47 Å². The van der Waals surface area contributed by atoms with Crippen molar-refractivity contribution in [2.45, 2.75) is 39.3 Å². The number of nitrogens with zero attached hydrogens (tertiary/aromatic N) is 3. The molecule has 10 nitrogen and oxygen atoms in total. The molecule has 0 saturated carbocycles. The zero-order chi connectivity index (χ0) is 25.4. The maximum absolute atomic E-state index is 12.9. The third kappa shape index (κ3) is 4.76. The molecular weight excluding hydrogens is 482 g/mol. The Morgan fingerprint density at radius 1 is 1.17 bits per heavy atom. The highest BCUT2D eigenvalue weighted by atomic mass is 32.1. The average molecular weight is 512 g/mol. The number of ether oxygens (including phenoxy) is 2. The van der Waals surface area contributed by atoms with Crippen molar-refractivity contribution >= 4 is 35.0 Å². The van der Waals surface area contributed by atoms with Crippen LogP contribution in [-0.4, -0.2) is 55.8 Å². The van der Waals surface area contributed by atoms with Gasteiger partial charge in [-0.15, -0.1) is 0 Å². The molecule has 1 aromatic heterocycles. The molecule has 1 amide bonds. The number of carbonyl (C=O) groups excluding carboxylic acids is 1. The van der Waals surface area contributed by atoms with Gasteiger partial charge in [-0.25, -0.2) is 0 Å². The predicted octanol–water partition coefficient (Wildman–Crippen LogP) is 4.12. The first-order chi connectivity index (χ1) is 17.2. The summed E-state index contributed by atoms with van der Waals surface area (Å²) in [5.74, 6) is 1.89. The van der Waals surface area contributed by atoms with Crippen molar-refractivity contribution in [2.24, 2.45) is 5.41 Å². The lowest BCUT2D eigenvalue weighted by molar-refractivity contribution is 0.0762. The fourth-order valence-corrected chi connectivity index (χ4v) is 4.91. The van der Waals surface area contributed by atoms with Gasteiger partial charge in [-0.3, -0.25) is 4.79 Å². The Balaban J connectivity index is 1.39. The van der Waals surface area contributed by atoms with Crippen molar-refractivity contribution in [1.29, 1.82) is 0 Å². The van der Waals surface area contributed by atoms with Crippen molar-refractivity contribution in [3.05, 3.63) is 47.5 Å². The van der Waals surface area contributed by atoms with E-state index in [1.807, 2.05) is 18.2 Å². The number of hydrogen-bond donors (Lipinski definition) is 4. The first kappa shape index (κ1) is 24.1. The van der Waals surface area contributed by atoms with Gasteiger partial charge in [0.1, 0.15) is 0 Å². The molecule has 36 heavy (non-hydrogen) atoms. The molecule has 0 aliphatic carbocycles. The largest absolute Gasteiger partial charge is 0.505 e. The summed E-state index contributed by atoms with van der Waals surface area (Å²) in [4.78, 5) is 14.4. The van der Waals surface area contributed by atoms with Crippen LogP contribution in [0.1, 0.15) is 49.2 Å². The van der Waals surface area contributed by atoms with Gasteiger partial charge in [0.2, 0.25) is 6.79 Å². The molecule has 1 unspecified atom stereocenters. The molecule has 0 radical (unpaired) electrons. The summed E-state index contributed by atoms with van der Waals surface area (Å²) in [6.07, 6.45) is -0.00456. The maximum atomic E-state index is 12.9. The van der Waals surface area contributed by atoms with Gasteiger partial charge in [0.25, 0.3) is 5.91 Å². The molecule has 2 aliphatic heterocycles. The van der Waals surface area contributed by atoms with E-state index in [-0.39, 0.29) is 42.0 Å². The van der Waals surface area contributed by atoms with E-state index in [2.05, 4.69) is 40.2 Å². The normalized spacial score (nSPS) is 17.8. The number of carbonyl (C=O) groups is 1. The second-order valence-electron chi connectivity index (χ2n) is 10.0. The number of aromatic nitrogens is 2. The third-order valence-corrected chi connectivity index (χ3v) is 6.86. The SMILES string of the molecule is CC(C)(C)C(Nc1nsnc1Nc1cccc(C(=O)N2CC[C@@H](O)C2)c1O)c1ccc2c(c1)OCO2. The summed E-state index contributed by atoms with van der Waals surface area (Å²) >= 11 is 1.04. The number of aliphatic hydroxyl groups is 1. The Hall–Kier alpha value is -3.57. The highest BCUT2D eigenvalue weighted by Gasteiger charge is 2.31. The molecule has 4 N–H and O–H groups in total. The van der Waals surface area contributed by atoms with Crippen LogP contribution >= 0.6 is 11.7 Å². The number of para-hydroxylation sites is 1. The van der Waals surface area contributed by atoms with Crippen LogP contribution in [0.15, 0.2) is 36.4 Å². The van der Waals surface area contributed by atoms with Gasteiger partial charge < -0.3 is 35.2 Å². The number of amides is 1. The number of aromatic hydroxyl groups is 1. The summed E-state index contributed by atoms with van der Waals surface area (Å²) < 4.78 is 19.8. The maximum Gasteiger partial charge on any atom is 0.257 e. The molecule has 2 atom stereocenters. The van der Waals surface area contributed by atoms with Crippen molar-refractivity contribution in [1.82, 2.24) is 13.6 Å². The summed E-state index contributed by atoms with van der Waals surface area (Å²) in [7, 11) is 0. The van der Waals surface area contributed by atoms with Crippen LogP contribution in [0.3, 0.4) is 0 Å². The minimum atomic E-state index is -0.535. The number of benzene rings is 2. The van der Waals surface area contributed by atoms with E-state index in [1.165, 1.54) is 0 Å². The summed E-state index contributed by atoms with van der Waals surface area (Å²) in [5.41, 5.74) is 1.32. The molecule has 0 spiro atoms. The summed E-state index contributed by atoms with van der Waals surface area (Å²) in [6.45, 7) is 7.29. The van der Waals surface area contributed by atoms with Crippen LogP contribution in [0, 0.1) is 5.41 Å². The number of rotatable bonds is 6. The van der Waals surface area contributed by atoms with Crippen molar-refractivity contribution in [2.75, 3.05) is 30.5 Å². The van der Waals surface area contributed by atoms with Gasteiger partial charge in [-0.2, -0.15) is 8.75 Å². The lowest BCUT2D eigenvalue weighted by Gasteiger charge is -2.32. The lowest BCUT2D eigenvalue weighted by Crippen LogP contribution is -2.29. The van der Waals surface area contributed by atoms with Gasteiger partial charge >= 0.3 is 0 Å². The van der Waals surface area contributed by atoms with Crippen LogP contribution in [0.4, 0.5) is 17.3 Å². The molecule has 3 aromatic rings. The fourth-order valence-electron chi connectivity index (χ4n) is 4.44. The first-order valence-corrected chi connectivity index (χ1v) is 12.5. The molecule has 11 heteroatoms. The minimum Gasteiger partial charge on any atom is -0.505 e. The zero-order valence-electron chi connectivity index (χ0n) is 20.3. The first-order valence-electron chi connectivity index (χ1n) is 11.8. The Labute approximate surface area is 213 Å². The summed E-state index contributed by atoms with van der Waals surface area (Å²) in [5, 5.41) is 27.3.